The summed E-state index contributed by atoms with van der Waals surface area (Å²) in [4.78, 5) is 17.8. The van der Waals surface area contributed by atoms with Crippen molar-refractivity contribution >= 4 is 5.91 Å². The molecule has 0 radical (unpaired) electrons. The number of likely N-dealkylation sites (tertiary alicyclic amines) is 1. The van der Waals surface area contributed by atoms with E-state index in [-0.39, 0.29) is 23.4 Å². The van der Waals surface area contributed by atoms with Crippen LogP contribution in [0.4, 0.5) is 4.39 Å². The Labute approximate surface area is 164 Å². The molecule has 0 spiro atoms. The number of carbonyl (C=O) groups excluding carboxylic acids is 1. The van der Waals surface area contributed by atoms with E-state index in [4.69, 9.17) is 4.74 Å². The summed E-state index contributed by atoms with van der Waals surface area (Å²) in [7, 11) is 1.67. The van der Waals surface area contributed by atoms with Crippen LogP contribution in [0.25, 0.3) is 0 Å². The Balaban J connectivity index is 1.52. The van der Waals surface area contributed by atoms with E-state index < -0.39 is 5.82 Å². The third-order valence-corrected chi connectivity index (χ3v) is 6.90. The number of piperidine rings is 3. The molecule has 0 N–H and O–H groups in total. The summed E-state index contributed by atoms with van der Waals surface area (Å²) in [6.07, 6.45) is 2.25. The quantitative estimate of drug-likeness (QED) is 0.817. The predicted molar refractivity (Wildman–Crippen MR) is 105 cm³/mol. The molecule has 6 rings (SSSR count). The largest absolute Gasteiger partial charge is 0.497 e. The summed E-state index contributed by atoms with van der Waals surface area (Å²) >= 11 is 0. The Hall–Kier alpha value is -2.40. The highest BCUT2D eigenvalue weighted by atomic mass is 19.1. The van der Waals surface area contributed by atoms with Gasteiger partial charge in [-0.1, -0.05) is 24.3 Å². The van der Waals surface area contributed by atoms with Crippen molar-refractivity contribution in [1.29, 1.82) is 0 Å². The van der Waals surface area contributed by atoms with Gasteiger partial charge in [0, 0.05) is 18.5 Å². The van der Waals surface area contributed by atoms with E-state index >= 15 is 0 Å². The molecular formula is C23H25FN2O2. The lowest BCUT2D eigenvalue weighted by Gasteiger charge is -2.51. The first-order chi connectivity index (χ1) is 13.7. The molecular weight excluding hydrogens is 355 g/mol. The normalized spacial score (nSPS) is 30.9. The van der Waals surface area contributed by atoms with E-state index in [9.17, 15) is 9.18 Å². The van der Waals surface area contributed by atoms with Crippen molar-refractivity contribution in [3.8, 4) is 5.75 Å². The predicted octanol–water partition coefficient (Wildman–Crippen LogP) is 3.54. The molecule has 4 heterocycles. The van der Waals surface area contributed by atoms with Crippen LogP contribution in [0.2, 0.25) is 0 Å². The zero-order valence-corrected chi connectivity index (χ0v) is 16.1. The van der Waals surface area contributed by atoms with Gasteiger partial charge in [0.15, 0.2) is 0 Å². The Morgan fingerprint density at radius 3 is 2.43 bits per heavy atom. The number of methoxy groups -OCH3 is 1. The Morgan fingerprint density at radius 1 is 1.04 bits per heavy atom. The molecule has 4 aliphatic rings. The highest BCUT2D eigenvalue weighted by Gasteiger charge is 2.54. The van der Waals surface area contributed by atoms with Crippen molar-refractivity contribution < 1.29 is 13.9 Å². The topological polar surface area (TPSA) is 32.8 Å². The number of halogens is 1. The zero-order chi connectivity index (χ0) is 19.3. The number of benzene rings is 2. The van der Waals surface area contributed by atoms with Crippen LogP contribution in [0.5, 0.6) is 5.75 Å². The van der Waals surface area contributed by atoms with Gasteiger partial charge in [-0.15, -0.1) is 0 Å². The van der Waals surface area contributed by atoms with Crippen LogP contribution in [0, 0.1) is 11.7 Å². The summed E-state index contributed by atoms with van der Waals surface area (Å²) in [6, 6.07) is 15.0. The number of nitrogens with zero attached hydrogens (tertiary/aromatic N) is 2. The van der Waals surface area contributed by atoms with Gasteiger partial charge in [0.05, 0.1) is 18.7 Å². The van der Waals surface area contributed by atoms with Gasteiger partial charge in [-0.2, -0.15) is 0 Å². The second-order valence-electron chi connectivity index (χ2n) is 8.17. The zero-order valence-electron chi connectivity index (χ0n) is 16.1. The van der Waals surface area contributed by atoms with E-state index in [1.165, 1.54) is 11.6 Å². The fourth-order valence-electron chi connectivity index (χ4n) is 5.59. The van der Waals surface area contributed by atoms with Crippen LogP contribution in [0.3, 0.4) is 0 Å². The molecule has 2 aromatic carbocycles. The molecule has 0 aromatic heterocycles. The minimum Gasteiger partial charge on any atom is -0.497 e. The average Bonchev–Trinajstić information content (AvgIpc) is 3.17. The van der Waals surface area contributed by atoms with Crippen LogP contribution in [0.15, 0.2) is 48.5 Å². The Kier molecular flexibility index (Phi) is 4.35. The SMILES string of the molecule is COc1ccc([C@@H]2CN(C(=O)c3ccccc3F)[C@@H]3C4CCN(CC4)[C@@H]32)cc1. The van der Waals surface area contributed by atoms with Crippen molar-refractivity contribution in [2.75, 3.05) is 26.7 Å². The van der Waals surface area contributed by atoms with Crippen LogP contribution in [-0.2, 0) is 0 Å². The van der Waals surface area contributed by atoms with Gasteiger partial charge in [0.2, 0.25) is 0 Å². The molecule has 0 saturated carbocycles. The smallest absolute Gasteiger partial charge is 0.257 e. The molecule has 2 aromatic rings. The molecule has 1 amide bonds. The summed E-state index contributed by atoms with van der Waals surface area (Å²) in [5.41, 5.74) is 1.42. The summed E-state index contributed by atoms with van der Waals surface area (Å²) in [6.45, 7) is 2.84. The van der Waals surface area contributed by atoms with Crippen molar-refractivity contribution in [2.24, 2.45) is 5.92 Å². The average molecular weight is 380 g/mol. The molecule has 0 unspecified atom stereocenters. The maximum atomic E-state index is 14.3. The van der Waals surface area contributed by atoms with Crippen LogP contribution < -0.4 is 4.74 Å². The van der Waals surface area contributed by atoms with Gasteiger partial charge in [-0.3, -0.25) is 9.69 Å². The van der Waals surface area contributed by atoms with Crippen molar-refractivity contribution in [3.63, 3.8) is 0 Å². The molecule has 4 nitrogen and oxygen atoms in total. The number of rotatable bonds is 3. The second kappa shape index (κ2) is 6.89. The summed E-state index contributed by atoms with van der Waals surface area (Å²) < 4.78 is 19.6. The molecule has 4 saturated heterocycles. The minimum absolute atomic E-state index is 0.168. The number of hydrogen-bond acceptors (Lipinski definition) is 3. The van der Waals surface area contributed by atoms with Gasteiger partial charge >= 0.3 is 0 Å². The number of ether oxygens (including phenoxy) is 1. The maximum Gasteiger partial charge on any atom is 0.257 e. The fourth-order valence-corrected chi connectivity index (χ4v) is 5.59. The third-order valence-electron chi connectivity index (χ3n) is 6.90. The van der Waals surface area contributed by atoms with Gasteiger partial charge < -0.3 is 9.64 Å². The lowest BCUT2D eigenvalue weighted by molar-refractivity contribution is -0.00353. The Morgan fingerprint density at radius 2 is 1.75 bits per heavy atom. The first kappa shape index (κ1) is 17.7. The first-order valence-corrected chi connectivity index (χ1v) is 10.1. The number of carbonyl (C=O) groups is 1. The highest BCUT2D eigenvalue weighted by Crippen LogP contribution is 2.47. The van der Waals surface area contributed by atoms with Gasteiger partial charge in [0.1, 0.15) is 11.6 Å². The third kappa shape index (κ3) is 2.72. The van der Waals surface area contributed by atoms with Crippen molar-refractivity contribution in [3.05, 3.63) is 65.5 Å². The van der Waals surface area contributed by atoms with Crippen molar-refractivity contribution in [2.45, 2.75) is 30.8 Å². The Bertz CT molecular complexity index is 876. The monoisotopic (exact) mass is 380 g/mol. The maximum absolute atomic E-state index is 14.3. The van der Waals surface area contributed by atoms with Gasteiger partial charge in [0.25, 0.3) is 5.91 Å². The lowest BCUT2D eigenvalue weighted by atomic mass is 9.75. The fraction of sp³-hybridized carbons (Fsp3) is 0.435. The van der Waals surface area contributed by atoms with Gasteiger partial charge in [-0.05, 0) is 61.7 Å². The molecule has 4 fully saturated rings. The standard InChI is InChI=1S/C23H25FN2O2/c1-28-17-8-6-15(7-9-17)19-14-26(23(27)18-4-2-3-5-20(18)24)21-16-10-12-25(13-11-16)22(19)21/h2-9,16,19,21-22H,10-14H2,1H3/t19-,21+,22+/m0/s1. The summed E-state index contributed by atoms with van der Waals surface area (Å²) in [5, 5.41) is 0. The minimum atomic E-state index is -0.432. The van der Waals surface area contributed by atoms with Crippen LogP contribution in [0.1, 0.15) is 34.7 Å². The number of fused-ring (bicyclic) bond motifs is 2. The highest BCUT2D eigenvalue weighted by molar-refractivity contribution is 5.95. The van der Waals surface area contributed by atoms with Crippen LogP contribution >= 0.6 is 0 Å². The lowest BCUT2D eigenvalue weighted by Crippen LogP contribution is -2.60. The molecule has 5 heteroatoms. The van der Waals surface area contributed by atoms with Crippen molar-refractivity contribution in [1.82, 2.24) is 9.80 Å². The van der Waals surface area contributed by atoms with E-state index in [0.717, 1.165) is 31.7 Å². The molecule has 28 heavy (non-hydrogen) atoms. The van der Waals surface area contributed by atoms with E-state index in [1.54, 1.807) is 25.3 Å². The van der Waals surface area contributed by atoms with E-state index in [1.807, 2.05) is 17.0 Å². The molecule has 3 atom stereocenters. The molecule has 0 aliphatic carbocycles. The van der Waals surface area contributed by atoms with Gasteiger partial charge in [-0.25, -0.2) is 4.39 Å². The van der Waals surface area contributed by atoms with E-state index in [2.05, 4.69) is 17.0 Å². The first-order valence-electron chi connectivity index (χ1n) is 10.1. The molecule has 4 aliphatic heterocycles. The molecule has 146 valence electrons. The second-order valence-corrected chi connectivity index (χ2v) is 8.17. The number of hydrogen-bond donors (Lipinski definition) is 0. The van der Waals surface area contributed by atoms with Crippen LogP contribution in [-0.4, -0.2) is 54.5 Å². The number of amides is 1. The summed E-state index contributed by atoms with van der Waals surface area (Å²) in [5.74, 6) is 0.989. The molecule has 2 bridgehead atoms. The van der Waals surface area contributed by atoms with E-state index in [0.29, 0.717) is 18.5 Å².